The van der Waals surface area contributed by atoms with Crippen LogP contribution in [-0.4, -0.2) is 35.3 Å². The molecular weight excluding hydrogens is 228 g/mol. The van der Waals surface area contributed by atoms with Crippen LogP contribution in [0.4, 0.5) is 0 Å². The van der Waals surface area contributed by atoms with Crippen molar-refractivity contribution in [2.45, 2.75) is 24.1 Å². The second kappa shape index (κ2) is 4.73. The smallest absolute Gasteiger partial charge is 0.113 e. The second-order valence-corrected chi connectivity index (χ2v) is 5.77. The molecule has 2 heterocycles. The van der Waals surface area contributed by atoms with Crippen molar-refractivity contribution in [2.24, 2.45) is 4.99 Å². The maximum Gasteiger partial charge on any atom is 0.113 e. The molecule has 0 spiro atoms. The quantitative estimate of drug-likeness (QED) is 0.797. The molecule has 3 heteroatoms. The lowest BCUT2D eigenvalue weighted by atomic mass is 10.1. The lowest BCUT2D eigenvalue weighted by Crippen LogP contribution is -2.40. The number of fused-ring (bicyclic) bond motifs is 1. The van der Waals surface area contributed by atoms with Crippen LogP contribution in [-0.2, 0) is 0 Å². The van der Waals surface area contributed by atoms with E-state index in [-0.39, 0.29) is 0 Å². The van der Waals surface area contributed by atoms with Crippen molar-refractivity contribution in [3.05, 3.63) is 35.9 Å². The fourth-order valence-corrected chi connectivity index (χ4v) is 3.58. The van der Waals surface area contributed by atoms with Crippen molar-refractivity contribution >= 4 is 17.6 Å². The summed E-state index contributed by atoms with van der Waals surface area (Å²) in [7, 11) is 0. The first kappa shape index (κ1) is 11.1. The van der Waals surface area contributed by atoms with Gasteiger partial charge in [-0.25, -0.2) is 0 Å². The third-order valence-electron chi connectivity index (χ3n) is 3.66. The fourth-order valence-electron chi connectivity index (χ4n) is 2.75. The van der Waals surface area contributed by atoms with Crippen LogP contribution >= 0.6 is 11.8 Å². The van der Waals surface area contributed by atoms with E-state index in [1.54, 1.807) is 0 Å². The summed E-state index contributed by atoms with van der Waals surface area (Å²) < 4.78 is 0. The zero-order valence-electron chi connectivity index (χ0n) is 10.2. The van der Waals surface area contributed by atoms with Gasteiger partial charge in [-0.3, -0.25) is 4.99 Å². The molecular formula is C14H18N2S. The Balaban J connectivity index is 1.85. The molecule has 90 valence electrons. The van der Waals surface area contributed by atoms with Crippen molar-refractivity contribution in [1.29, 1.82) is 0 Å². The predicted octanol–water partition coefficient (Wildman–Crippen LogP) is 2.97. The molecule has 0 N–H and O–H groups in total. The number of piperidine rings is 1. The lowest BCUT2D eigenvalue weighted by Gasteiger charge is -2.30. The molecule has 0 aliphatic carbocycles. The molecule has 0 radical (unpaired) electrons. The molecule has 2 aliphatic rings. The molecule has 2 unspecified atom stereocenters. The minimum atomic E-state index is 0.360. The van der Waals surface area contributed by atoms with Crippen molar-refractivity contribution in [2.75, 3.05) is 19.3 Å². The highest BCUT2D eigenvalue weighted by atomic mass is 32.2. The predicted molar refractivity (Wildman–Crippen MR) is 74.7 cm³/mol. The molecule has 0 amide bonds. The van der Waals surface area contributed by atoms with E-state index in [1.165, 1.54) is 30.8 Å². The average Bonchev–Trinajstić information content (AvgIpc) is 2.83. The van der Waals surface area contributed by atoms with Crippen LogP contribution in [0.15, 0.2) is 35.3 Å². The van der Waals surface area contributed by atoms with Gasteiger partial charge < -0.3 is 4.90 Å². The molecule has 0 aromatic heterocycles. The van der Waals surface area contributed by atoms with Gasteiger partial charge in [-0.2, -0.15) is 11.8 Å². The summed E-state index contributed by atoms with van der Waals surface area (Å²) in [5, 5.41) is 0.623. The van der Waals surface area contributed by atoms with Crippen molar-refractivity contribution < 1.29 is 0 Å². The third kappa shape index (κ3) is 2.08. The van der Waals surface area contributed by atoms with Gasteiger partial charge in [0.1, 0.15) is 5.84 Å². The molecule has 2 atom stereocenters. The van der Waals surface area contributed by atoms with Crippen LogP contribution in [0.5, 0.6) is 0 Å². The maximum atomic E-state index is 4.95. The summed E-state index contributed by atoms with van der Waals surface area (Å²) in [4.78, 5) is 7.44. The van der Waals surface area contributed by atoms with E-state index in [4.69, 9.17) is 4.99 Å². The van der Waals surface area contributed by atoms with Crippen LogP contribution < -0.4 is 0 Å². The van der Waals surface area contributed by atoms with Gasteiger partial charge in [0, 0.05) is 13.1 Å². The van der Waals surface area contributed by atoms with E-state index < -0.39 is 0 Å². The normalized spacial score (nSPS) is 27.8. The van der Waals surface area contributed by atoms with Gasteiger partial charge >= 0.3 is 0 Å². The number of thioether (sulfide) groups is 1. The van der Waals surface area contributed by atoms with Gasteiger partial charge in [0.15, 0.2) is 0 Å². The zero-order chi connectivity index (χ0) is 11.7. The SMILES string of the molecule is CSC1CCCN2CC(c3ccccc3)N=C12. The first-order chi connectivity index (χ1) is 8.38. The van der Waals surface area contributed by atoms with Gasteiger partial charge in [-0.1, -0.05) is 30.3 Å². The summed E-state index contributed by atoms with van der Waals surface area (Å²) in [6.07, 6.45) is 4.80. The Kier molecular flexibility index (Phi) is 3.10. The number of hydrogen-bond donors (Lipinski definition) is 0. The summed E-state index contributed by atoms with van der Waals surface area (Å²) in [6.45, 7) is 2.27. The topological polar surface area (TPSA) is 15.6 Å². The second-order valence-electron chi connectivity index (χ2n) is 4.73. The molecule has 1 aromatic carbocycles. The van der Waals surface area contributed by atoms with Gasteiger partial charge in [-0.15, -0.1) is 0 Å². The molecule has 3 rings (SSSR count). The third-order valence-corrected chi connectivity index (χ3v) is 4.67. The van der Waals surface area contributed by atoms with Crippen molar-refractivity contribution in [1.82, 2.24) is 4.90 Å². The highest BCUT2D eigenvalue weighted by Gasteiger charge is 2.33. The highest BCUT2D eigenvalue weighted by Crippen LogP contribution is 2.32. The number of hydrogen-bond acceptors (Lipinski definition) is 3. The Morgan fingerprint density at radius 1 is 1.29 bits per heavy atom. The van der Waals surface area contributed by atoms with Crippen molar-refractivity contribution in [3.8, 4) is 0 Å². The van der Waals surface area contributed by atoms with Crippen LogP contribution in [0.25, 0.3) is 0 Å². The number of rotatable bonds is 2. The summed E-state index contributed by atoms with van der Waals surface area (Å²) in [6, 6.07) is 11.0. The van der Waals surface area contributed by atoms with E-state index >= 15 is 0 Å². The van der Waals surface area contributed by atoms with E-state index in [0.717, 1.165) is 6.54 Å². The summed E-state index contributed by atoms with van der Waals surface area (Å²) in [5.74, 6) is 1.35. The summed E-state index contributed by atoms with van der Waals surface area (Å²) in [5.41, 5.74) is 1.36. The van der Waals surface area contributed by atoms with Crippen molar-refractivity contribution in [3.63, 3.8) is 0 Å². The summed E-state index contributed by atoms with van der Waals surface area (Å²) >= 11 is 1.95. The Bertz CT molecular complexity index is 415. The molecule has 1 fully saturated rings. The van der Waals surface area contributed by atoms with E-state index in [1.807, 2.05) is 11.8 Å². The Labute approximate surface area is 107 Å². The number of benzene rings is 1. The molecule has 17 heavy (non-hydrogen) atoms. The van der Waals surface area contributed by atoms with Gasteiger partial charge in [-0.05, 0) is 24.7 Å². The first-order valence-corrected chi connectivity index (χ1v) is 7.57. The fraction of sp³-hybridized carbons (Fsp3) is 0.500. The first-order valence-electron chi connectivity index (χ1n) is 6.29. The van der Waals surface area contributed by atoms with E-state index in [2.05, 4.69) is 41.5 Å². The lowest BCUT2D eigenvalue weighted by molar-refractivity contribution is 0.387. The molecule has 0 saturated carbocycles. The van der Waals surface area contributed by atoms with Gasteiger partial charge in [0.2, 0.25) is 0 Å². The maximum absolute atomic E-state index is 4.95. The zero-order valence-corrected chi connectivity index (χ0v) is 11.0. The monoisotopic (exact) mass is 246 g/mol. The van der Waals surface area contributed by atoms with Crippen LogP contribution in [0.3, 0.4) is 0 Å². The number of aliphatic imine (C=N–C) groups is 1. The van der Waals surface area contributed by atoms with Gasteiger partial charge in [0.05, 0.1) is 11.3 Å². The number of nitrogens with zero attached hydrogens (tertiary/aromatic N) is 2. The minimum Gasteiger partial charge on any atom is -0.357 e. The molecule has 1 aromatic rings. The van der Waals surface area contributed by atoms with Crippen LogP contribution in [0.2, 0.25) is 0 Å². The Hall–Kier alpha value is -0.960. The minimum absolute atomic E-state index is 0.360. The molecule has 2 aliphatic heterocycles. The molecule has 1 saturated heterocycles. The average molecular weight is 246 g/mol. The largest absolute Gasteiger partial charge is 0.357 e. The highest BCUT2D eigenvalue weighted by molar-refractivity contribution is 7.99. The molecule has 2 nitrogen and oxygen atoms in total. The molecule has 0 bridgehead atoms. The van der Waals surface area contributed by atoms with Crippen LogP contribution in [0.1, 0.15) is 24.4 Å². The van der Waals surface area contributed by atoms with Crippen LogP contribution in [0, 0.1) is 0 Å². The Morgan fingerprint density at radius 2 is 2.12 bits per heavy atom. The Morgan fingerprint density at radius 3 is 2.88 bits per heavy atom. The van der Waals surface area contributed by atoms with Gasteiger partial charge in [0.25, 0.3) is 0 Å². The van der Waals surface area contributed by atoms with E-state index in [9.17, 15) is 0 Å². The standard InChI is InChI=1S/C14H18N2S/c1-17-13-8-5-9-16-10-12(15-14(13)16)11-6-3-2-4-7-11/h2-4,6-7,12-13H,5,8-10H2,1H3. The van der Waals surface area contributed by atoms with E-state index in [0.29, 0.717) is 11.3 Å². The number of amidine groups is 1.